The maximum absolute atomic E-state index is 12.1. The van der Waals surface area contributed by atoms with Gasteiger partial charge >= 0.3 is 0 Å². The van der Waals surface area contributed by atoms with Crippen molar-refractivity contribution in [3.8, 4) is 0 Å². The quantitative estimate of drug-likeness (QED) is 0.764. The molecule has 1 amide bonds. The maximum Gasteiger partial charge on any atom is 0.225 e. The fourth-order valence-electron chi connectivity index (χ4n) is 1.84. The Bertz CT molecular complexity index is 343. The number of nitrogens with zero attached hydrogens (tertiary/aromatic N) is 1. The van der Waals surface area contributed by atoms with Crippen LogP contribution in [0.25, 0.3) is 0 Å². The van der Waals surface area contributed by atoms with Crippen molar-refractivity contribution >= 4 is 5.91 Å². The third kappa shape index (κ3) is 4.59. The highest BCUT2D eigenvalue weighted by atomic mass is 16.2. The minimum atomic E-state index is 0.0671. The highest BCUT2D eigenvalue weighted by Crippen LogP contribution is 2.11. The van der Waals surface area contributed by atoms with Crippen LogP contribution in [0.4, 0.5) is 0 Å². The molecule has 0 heterocycles. The Morgan fingerprint density at radius 3 is 2.18 bits per heavy atom. The average molecular weight is 233 g/mol. The van der Waals surface area contributed by atoms with Gasteiger partial charge in [0.2, 0.25) is 5.91 Å². The molecule has 0 radical (unpaired) electrons. The van der Waals surface area contributed by atoms with Gasteiger partial charge in [0.05, 0.1) is 0 Å². The van der Waals surface area contributed by atoms with Crippen LogP contribution < -0.4 is 0 Å². The lowest BCUT2D eigenvalue weighted by atomic mass is 10.1. The minimum absolute atomic E-state index is 0.0671. The number of rotatable bonds is 5. The molecule has 0 aliphatic carbocycles. The zero-order chi connectivity index (χ0) is 12.8. The smallest absolute Gasteiger partial charge is 0.225 e. The first-order valence-electron chi connectivity index (χ1n) is 6.33. The van der Waals surface area contributed by atoms with Gasteiger partial charge in [0.1, 0.15) is 0 Å². The number of benzene rings is 1. The van der Waals surface area contributed by atoms with Gasteiger partial charge in [-0.2, -0.15) is 0 Å². The predicted molar refractivity (Wildman–Crippen MR) is 71.5 cm³/mol. The van der Waals surface area contributed by atoms with E-state index in [1.165, 1.54) is 5.56 Å². The molecule has 17 heavy (non-hydrogen) atoms. The molecule has 1 aromatic rings. The maximum atomic E-state index is 12.1. The summed E-state index contributed by atoms with van der Waals surface area (Å²) in [5, 5.41) is 0. The van der Waals surface area contributed by atoms with Crippen molar-refractivity contribution in [2.24, 2.45) is 11.8 Å². The van der Waals surface area contributed by atoms with Crippen molar-refractivity contribution in [3.63, 3.8) is 0 Å². The Hall–Kier alpha value is -1.31. The Kier molecular flexibility index (Phi) is 5.20. The summed E-state index contributed by atoms with van der Waals surface area (Å²) in [7, 11) is 0. The summed E-state index contributed by atoms with van der Waals surface area (Å²) in [6.07, 6.45) is 0. The van der Waals surface area contributed by atoms with Crippen LogP contribution in [0.1, 0.15) is 33.3 Å². The van der Waals surface area contributed by atoms with Gasteiger partial charge in [0.25, 0.3) is 0 Å². The fourth-order valence-corrected chi connectivity index (χ4v) is 1.84. The lowest BCUT2D eigenvalue weighted by Gasteiger charge is -2.26. The molecule has 0 atom stereocenters. The second-order valence-corrected chi connectivity index (χ2v) is 5.25. The number of hydrogen-bond acceptors (Lipinski definition) is 1. The molecule has 1 aromatic carbocycles. The van der Waals surface area contributed by atoms with Crippen LogP contribution in [0.2, 0.25) is 0 Å². The van der Waals surface area contributed by atoms with Crippen molar-refractivity contribution in [2.45, 2.75) is 34.2 Å². The molecule has 0 saturated carbocycles. The molecule has 1 rings (SSSR count). The lowest BCUT2D eigenvalue weighted by molar-refractivity contribution is -0.135. The van der Waals surface area contributed by atoms with Gasteiger partial charge in [-0.25, -0.2) is 0 Å². The van der Waals surface area contributed by atoms with E-state index in [-0.39, 0.29) is 11.8 Å². The molecular formula is C15H23NO. The molecule has 94 valence electrons. The Balaban J connectivity index is 2.74. The Labute approximate surface area is 105 Å². The van der Waals surface area contributed by atoms with E-state index in [4.69, 9.17) is 0 Å². The summed E-state index contributed by atoms with van der Waals surface area (Å²) in [5.74, 6) is 0.807. The lowest BCUT2D eigenvalue weighted by Crippen LogP contribution is -2.36. The van der Waals surface area contributed by atoms with E-state index in [0.29, 0.717) is 5.92 Å². The minimum Gasteiger partial charge on any atom is -0.338 e. The fraction of sp³-hybridized carbons (Fsp3) is 0.533. The normalized spacial score (nSPS) is 10.9. The van der Waals surface area contributed by atoms with Gasteiger partial charge < -0.3 is 4.90 Å². The first-order valence-corrected chi connectivity index (χ1v) is 6.33. The van der Waals surface area contributed by atoms with E-state index in [1.807, 2.05) is 36.9 Å². The topological polar surface area (TPSA) is 20.3 Å². The largest absolute Gasteiger partial charge is 0.338 e. The van der Waals surface area contributed by atoms with Crippen molar-refractivity contribution in [3.05, 3.63) is 35.9 Å². The average Bonchev–Trinajstić information content (AvgIpc) is 2.28. The predicted octanol–water partition coefficient (Wildman–Crippen LogP) is 3.33. The van der Waals surface area contributed by atoms with Gasteiger partial charge in [-0.05, 0) is 11.5 Å². The second kappa shape index (κ2) is 6.43. The molecular weight excluding hydrogens is 210 g/mol. The van der Waals surface area contributed by atoms with Gasteiger partial charge in [-0.1, -0.05) is 58.0 Å². The van der Waals surface area contributed by atoms with Crippen molar-refractivity contribution in [1.82, 2.24) is 4.90 Å². The van der Waals surface area contributed by atoms with Crippen molar-refractivity contribution in [2.75, 3.05) is 6.54 Å². The van der Waals surface area contributed by atoms with Crippen LogP contribution in [-0.4, -0.2) is 17.4 Å². The third-order valence-electron chi connectivity index (χ3n) is 2.61. The highest BCUT2D eigenvalue weighted by molar-refractivity contribution is 5.78. The van der Waals surface area contributed by atoms with Gasteiger partial charge in [0.15, 0.2) is 0 Å². The van der Waals surface area contributed by atoms with E-state index >= 15 is 0 Å². The molecule has 0 unspecified atom stereocenters. The van der Waals surface area contributed by atoms with E-state index in [2.05, 4.69) is 26.0 Å². The van der Waals surface area contributed by atoms with Crippen LogP contribution in [-0.2, 0) is 11.3 Å². The molecule has 0 bridgehead atoms. The molecule has 0 aliphatic rings. The first kappa shape index (κ1) is 13.8. The number of hydrogen-bond donors (Lipinski definition) is 0. The van der Waals surface area contributed by atoms with Crippen LogP contribution >= 0.6 is 0 Å². The Morgan fingerprint density at radius 1 is 1.12 bits per heavy atom. The van der Waals surface area contributed by atoms with E-state index < -0.39 is 0 Å². The van der Waals surface area contributed by atoms with Crippen LogP contribution in [0.3, 0.4) is 0 Å². The SMILES string of the molecule is CC(C)CN(Cc1ccccc1)C(=O)C(C)C. The van der Waals surface area contributed by atoms with Crippen LogP contribution in [0.15, 0.2) is 30.3 Å². The molecule has 2 heteroatoms. The summed E-state index contributed by atoms with van der Waals surface area (Å²) in [6, 6.07) is 10.2. The molecule has 0 spiro atoms. The zero-order valence-corrected chi connectivity index (χ0v) is 11.3. The third-order valence-corrected chi connectivity index (χ3v) is 2.61. The van der Waals surface area contributed by atoms with E-state index in [1.54, 1.807) is 0 Å². The summed E-state index contributed by atoms with van der Waals surface area (Å²) < 4.78 is 0. The first-order chi connectivity index (χ1) is 8.00. The summed E-state index contributed by atoms with van der Waals surface area (Å²) >= 11 is 0. The molecule has 0 aliphatic heterocycles. The standard InChI is InChI=1S/C15H23NO/c1-12(2)10-16(15(17)13(3)4)11-14-8-6-5-7-9-14/h5-9,12-13H,10-11H2,1-4H3. The van der Waals surface area contributed by atoms with E-state index in [9.17, 15) is 4.79 Å². The van der Waals surface area contributed by atoms with E-state index in [0.717, 1.165) is 13.1 Å². The van der Waals surface area contributed by atoms with Crippen molar-refractivity contribution < 1.29 is 4.79 Å². The molecule has 0 aromatic heterocycles. The molecule has 0 fully saturated rings. The number of amides is 1. The number of carbonyl (C=O) groups is 1. The van der Waals surface area contributed by atoms with Crippen molar-refractivity contribution in [1.29, 1.82) is 0 Å². The molecule has 2 nitrogen and oxygen atoms in total. The zero-order valence-electron chi connectivity index (χ0n) is 11.3. The van der Waals surface area contributed by atoms with Gasteiger partial charge in [0, 0.05) is 19.0 Å². The molecule has 0 N–H and O–H groups in total. The van der Waals surface area contributed by atoms with Crippen LogP contribution in [0.5, 0.6) is 0 Å². The number of carbonyl (C=O) groups excluding carboxylic acids is 1. The van der Waals surface area contributed by atoms with Crippen LogP contribution in [0, 0.1) is 11.8 Å². The molecule has 0 saturated heterocycles. The van der Waals surface area contributed by atoms with Gasteiger partial charge in [-0.3, -0.25) is 4.79 Å². The summed E-state index contributed by atoms with van der Waals surface area (Å²) in [6.45, 7) is 9.75. The summed E-state index contributed by atoms with van der Waals surface area (Å²) in [4.78, 5) is 14.1. The monoisotopic (exact) mass is 233 g/mol. The summed E-state index contributed by atoms with van der Waals surface area (Å²) in [5.41, 5.74) is 1.20. The van der Waals surface area contributed by atoms with Gasteiger partial charge in [-0.15, -0.1) is 0 Å². The highest BCUT2D eigenvalue weighted by Gasteiger charge is 2.18. The Morgan fingerprint density at radius 2 is 1.71 bits per heavy atom. The second-order valence-electron chi connectivity index (χ2n) is 5.25.